The van der Waals surface area contributed by atoms with E-state index in [1.807, 2.05) is 50.2 Å². The van der Waals surface area contributed by atoms with E-state index >= 15 is 0 Å². The standard InChI is InChI=1S/C26H25Cl2N3O3/c1-17-6-7-18(2)23(12-17)30-25(32)10-11-26(33)31-29-15-20-14-22(28)8-9-24(20)34-16-19-4-3-5-21(27)13-19/h3-9,12-15H,10-11,16H2,1-2H3,(H,30,32)(H,31,33). The highest BCUT2D eigenvalue weighted by Crippen LogP contribution is 2.23. The summed E-state index contributed by atoms with van der Waals surface area (Å²) >= 11 is 12.1. The molecular weight excluding hydrogens is 473 g/mol. The van der Waals surface area contributed by atoms with E-state index in [1.165, 1.54) is 6.21 Å². The summed E-state index contributed by atoms with van der Waals surface area (Å²) in [5.41, 5.74) is 6.70. The van der Waals surface area contributed by atoms with Crippen molar-refractivity contribution < 1.29 is 14.3 Å². The molecule has 0 spiro atoms. The SMILES string of the molecule is Cc1ccc(C)c(NC(=O)CCC(=O)NN=Cc2cc(Cl)ccc2OCc2cccc(Cl)c2)c1. The number of aryl methyl sites for hydroxylation is 2. The van der Waals surface area contributed by atoms with E-state index in [1.54, 1.807) is 24.3 Å². The second kappa shape index (κ2) is 12.2. The van der Waals surface area contributed by atoms with Crippen LogP contribution in [0.25, 0.3) is 0 Å². The predicted octanol–water partition coefficient (Wildman–Crippen LogP) is 6.06. The molecule has 0 aromatic heterocycles. The minimum atomic E-state index is -0.379. The summed E-state index contributed by atoms with van der Waals surface area (Å²) in [6, 6.07) is 18.3. The van der Waals surface area contributed by atoms with Gasteiger partial charge in [0.05, 0.1) is 6.21 Å². The van der Waals surface area contributed by atoms with Crippen molar-refractivity contribution in [3.05, 3.63) is 93.0 Å². The highest BCUT2D eigenvalue weighted by molar-refractivity contribution is 6.31. The number of carbonyl (C=O) groups is 2. The van der Waals surface area contributed by atoms with Crippen LogP contribution < -0.4 is 15.5 Å². The van der Waals surface area contributed by atoms with Crippen molar-refractivity contribution in [3.8, 4) is 5.75 Å². The maximum Gasteiger partial charge on any atom is 0.240 e. The number of halogens is 2. The fraction of sp³-hybridized carbons (Fsp3) is 0.192. The Morgan fingerprint density at radius 1 is 0.941 bits per heavy atom. The number of hydrogen-bond acceptors (Lipinski definition) is 4. The van der Waals surface area contributed by atoms with Gasteiger partial charge in [-0.05, 0) is 66.9 Å². The van der Waals surface area contributed by atoms with E-state index in [2.05, 4.69) is 15.8 Å². The van der Waals surface area contributed by atoms with Crippen LogP contribution in [0.2, 0.25) is 10.0 Å². The molecule has 3 rings (SSSR count). The van der Waals surface area contributed by atoms with Crippen molar-refractivity contribution in [2.75, 3.05) is 5.32 Å². The molecule has 0 aliphatic carbocycles. The van der Waals surface area contributed by atoms with Gasteiger partial charge < -0.3 is 10.1 Å². The number of carbonyl (C=O) groups excluding carboxylic acids is 2. The molecule has 176 valence electrons. The molecule has 0 heterocycles. The molecule has 6 nitrogen and oxygen atoms in total. The zero-order chi connectivity index (χ0) is 24.5. The van der Waals surface area contributed by atoms with E-state index in [0.29, 0.717) is 28.0 Å². The smallest absolute Gasteiger partial charge is 0.240 e. The van der Waals surface area contributed by atoms with E-state index < -0.39 is 0 Å². The fourth-order valence-corrected chi connectivity index (χ4v) is 3.47. The van der Waals surface area contributed by atoms with Crippen LogP contribution in [0.3, 0.4) is 0 Å². The number of hydrogen-bond donors (Lipinski definition) is 2. The molecule has 2 N–H and O–H groups in total. The van der Waals surface area contributed by atoms with Crippen molar-refractivity contribution >= 4 is 46.9 Å². The van der Waals surface area contributed by atoms with Gasteiger partial charge in [-0.15, -0.1) is 0 Å². The van der Waals surface area contributed by atoms with Gasteiger partial charge in [0.1, 0.15) is 12.4 Å². The number of nitrogens with zero attached hydrogens (tertiary/aromatic N) is 1. The summed E-state index contributed by atoms with van der Waals surface area (Å²) in [7, 11) is 0. The van der Waals surface area contributed by atoms with Gasteiger partial charge in [0.2, 0.25) is 11.8 Å². The first-order chi connectivity index (χ1) is 16.3. The molecule has 3 aromatic carbocycles. The third kappa shape index (κ3) is 7.90. The van der Waals surface area contributed by atoms with E-state index in [4.69, 9.17) is 27.9 Å². The Morgan fingerprint density at radius 2 is 1.71 bits per heavy atom. The highest BCUT2D eigenvalue weighted by Gasteiger charge is 2.09. The summed E-state index contributed by atoms with van der Waals surface area (Å²) in [5, 5.41) is 7.95. The van der Waals surface area contributed by atoms with Gasteiger partial charge >= 0.3 is 0 Å². The molecule has 3 aromatic rings. The average molecular weight is 498 g/mol. The van der Waals surface area contributed by atoms with Gasteiger partial charge in [-0.1, -0.05) is 47.5 Å². The average Bonchev–Trinajstić information content (AvgIpc) is 2.79. The first-order valence-electron chi connectivity index (χ1n) is 10.7. The Bertz CT molecular complexity index is 1210. The van der Waals surface area contributed by atoms with Crippen LogP contribution in [0.1, 0.15) is 35.1 Å². The third-order valence-corrected chi connectivity index (χ3v) is 5.36. The van der Waals surface area contributed by atoms with Crippen LogP contribution in [-0.2, 0) is 16.2 Å². The van der Waals surface area contributed by atoms with Crippen LogP contribution >= 0.6 is 23.2 Å². The quantitative estimate of drug-likeness (QED) is 0.278. The molecule has 0 bridgehead atoms. The minimum Gasteiger partial charge on any atom is -0.488 e. The molecular formula is C26H25Cl2N3O3. The molecule has 0 saturated carbocycles. The maximum atomic E-state index is 12.2. The molecule has 0 atom stereocenters. The van der Waals surface area contributed by atoms with Gasteiger partial charge in [-0.25, -0.2) is 5.43 Å². The maximum absolute atomic E-state index is 12.2. The van der Waals surface area contributed by atoms with E-state index in [9.17, 15) is 9.59 Å². The Kier molecular flexibility index (Phi) is 9.08. The predicted molar refractivity (Wildman–Crippen MR) is 137 cm³/mol. The van der Waals surface area contributed by atoms with Crippen molar-refractivity contribution in [2.45, 2.75) is 33.3 Å². The zero-order valence-electron chi connectivity index (χ0n) is 18.9. The van der Waals surface area contributed by atoms with Crippen molar-refractivity contribution in [3.63, 3.8) is 0 Å². The molecule has 8 heteroatoms. The lowest BCUT2D eigenvalue weighted by molar-refractivity contribution is -0.124. The molecule has 0 unspecified atom stereocenters. The summed E-state index contributed by atoms with van der Waals surface area (Å²) in [6.45, 7) is 4.18. The summed E-state index contributed by atoms with van der Waals surface area (Å²) in [5.74, 6) is -0.0644. The number of ether oxygens (including phenoxy) is 1. The van der Waals surface area contributed by atoms with Gasteiger partial charge in [-0.2, -0.15) is 5.10 Å². The second-order valence-electron chi connectivity index (χ2n) is 7.76. The normalized spacial score (nSPS) is 10.8. The van der Waals surface area contributed by atoms with Crippen molar-refractivity contribution in [2.24, 2.45) is 5.10 Å². The first-order valence-corrected chi connectivity index (χ1v) is 11.4. The van der Waals surface area contributed by atoms with Gasteiger partial charge in [-0.3, -0.25) is 9.59 Å². The lowest BCUT2D eigenvalue weighted by Crippen LogP contribution is -2.21. The lowest BCUT2D eigenvalue weighted by atomic mass is 10.1. The topological polar surface area (TPSA) is 79.8 Å². The monoisotopic (exact) mass is 497 g/mol. The van der Waals surface area contributed by atoms with Gasteiger partial charge in [0, 0.05) is 34.1 Å². The molecule has 34 heavy (non-hydrogen) atoms. The highest BCUT2D eigenvalue weighted by atomic mass is 35.5. The summed E-state index contributed by atoms with van der Waals surface area (Å²) in [6.07, 6.45) is 1.49. The van der Waals surface area contributed by atoms with Crippen LogP contribution in [-0.4, -0.2) is 18.0 Å². The number of anilines is 1. The Hall–Kier alpha value is -3.35. The largest absolute Gasteiger partial charge is 0.488 e. The van der Waals surface area contributed by atoms with Gasteiger partial charge in [0.15, 0.2) is 0 Å². The third-order valence-electron chi connectivity index (χ3n) is 4.89. The fourth-order valence-electron chi connectivity index (χ4n) is 3.08. The Labute approximate surface area is 208 Å². The van der Waals surface area contributed by atoms with E-state index in [0.717, 1.165) is 22.4 Å². The molecule has 2 amide bonds. The van der Waals surface area contributed by atoms with Gasteiger partial charge in [0.25, 0.3) is 0 Å². The number of rotatable bonds is 9. The lowest BCUT2D eigenvalue weighted by Gasteiger charge is -2.10. The van der Waals surface area contributed by atoms with Crippen LogP contribution in [0.15, 0.2) is 65.8 Å². The van der Waals surface area contributed by atoms with E-state index in [-0.39, 0.29) is 24.7 Å². The zero-order valence-corrected chi connectivity index (χ0v) is 20.4. The number of benzene rings is 3. The first kappa shape index (κ1) is 25.3. The molecule has 0 saturated heterocycles. The van der Waals surface area contributed by atoms with Crippen molar-refractivity contribution in [1.82, 2.24) is 5.43 Å². The molecule has 0 fully saturated rings. The minimum absolute atomic E-state index is 0.00169. The van der Waals surface area contributed by atoms with Crippen LogP contribution in [0.5, 0.6) is 5.75 Å². The van der Waals surface area contributed by atoms with Crippen molar-refractivity contribution in [1.29, 1.82) is 0 Å². The second-order valence-corrected chi connectivity index (χ2v) is 8.63. The Morgan fingerprint density at radius 3 is 2.50 bits per heavy atom. The number of hydrazone groups is 1. The molecule has 0 aliphatic rings. The summed E-state index contributed by atoms with van der Waals surface area (Å²) < 4.78 is 5.87. The summed E-state index contributed by atoms with van der Waals surface area (Å²) in [4.78, 5) is 24.3. The molecule has 0 aliphatic heterocycles. The van der Waals surface area contributed by atoms with Crippen LogP contribution in [0.4, 0.5) is 5.69 Å². The Balaban J connectivity index is 1.52. The number of nitrogens with one attached hydrogen (secondary N) is 2. The number of amides is 2. The van der Waals surface area contributed by atoms with Crippen LogP contribution in [0, 0.1) is 13.8 Å². The molecule has 0 radical (unpaired) electrons.